The first kappa shape index (κ1) is 14.2. The number of halogens is 1. The topological polar surface area (TPSA) is 49.4 Å². The molecule has 18 heavy (non-hydrogen) atoms. The third-order valence-electron chi connectivity index (χ3n) is 2.50. The van der Waals surface area contributed by atoms with E-state index in [4.69, 9.17) is 0 Å². The van der Waals surface area contributed by atoms with E-state index in [-0.39, 0.29) is 24.0 Å². The molecule has 0 heterocycles. The number of rotatable bonds is 5. The van der Waals surface area contributed by atoms with E-state index in [1.807, 2.05) is 0 Å². The molecular weight excluding hydrogens is 235 g/mol. The Labute approximate surface area is 106 Å². The zero-order valence-electron chi connectivity index (χ0n) is 10.6. The van der Waals surface area contributed by atoms with Gasteiger partial charge in [0.25, 0.3) is 0 Å². The zero-order chi connectivity index (χ0) is 13.5. The minimum atomic E-state index is -0.450. The predicted molar refractivity (Wildman–Crippen MR) is 67.7 cm³/mol. The molecule has 0 saturated heterocycles. The molecule has 2 amide bonds. The van der Waals surface area contributed by atoms with Crippen LogP contribution in [-0.4, -0.2) is 24.9 Å². The Morgan fingerprint density at radius 3 is 2.56 bits per heavy atom. The van der Waals surface area contributed by atoms with E-state index in [1.54, 1.807) is 25.1 Å². The lowest BCUT2D eigenvalue weighted by molar-refractivity contribution is -0.121. The van der Waals surface area contributed by atoms with Gasteiger partial charge in [0.05, 0.1) is 5.69 Å². The summed E-state index contributed by atoms with van der Waals surface area (Å²) < 4.78 is 13.6. The van der Waals surface area contributed by atoms with Crippen LogP contribution in [0, 0.1) is 5.82 Å². The van der Waals surface area contributed by atoms with Crippen LogP contribution in [0.4, 0.5) is 10.1 Å². The van der Waals surface area contributed by atoms with Gasteiger partial charge in [-0.3, -0.25) is 9.59 Å². The maximum atomic E-state index is 13.6. The second kappa shape index (κ2) is 6.74. The van der Waals surface area contributed by atoms with E-state index >= 15 is 0 Å². The fourth-order valence-corrected chi connectivity index (χ4v) is 1.55. The third kappa shape index (κ3) is 3.84. The van der Waals surface area contributed by atoms with E-state index in [2.05, 4.69) is 5.32 Å². The first-order chi connectivity index (χ1) is 8.56. The van der Waals surface area contributed by atoms with Gasteiger partial charge < -0.3 is 10.2 Å². The summed E-state index contributed by atoms with van der Waals surface area (Å²) in [6.07, 6.45) is 0.389. The van der Waals surface area contributed by atoms with E-state index < -0.39 is 5.82 Å². The van der Waals surface area contributed by atoms with Gasteiger partial charge in [0, 0.05) is 26.4 Å². The number of hydrogen-bond donors (Lipinski definition) is 1. The summed E-state index contributed by atoms with van der Waals surface area (Å²) in [6, 6.07) is 6.07. The number of nitrogens with zero attached hydrogens (tertiary/aromatic N) is 1. The highest BCUT2D eigenvalue weighted by molar-refractivity contribution is 5.91. The summed E-state index contributed by atoms with van der Waals surface area (Å²) in [5.41, 5.74) is 0.232. The Kier molecular flexibility index (Phi) is 5.30. The van der Waals surface area contributed by atoms with Crippen LogP contribution in [0.25, 0.3) is 0 Å². The molecule has 0 aliphatic rings. The monoisotopic (exact) mass is 252 g/mol. The molecule has 1 N–H and O–H groups in total. The number of para-hydroxylation sites is 1. The second-order valence-electron chi connectivity index (χ2n) is 3.83. The van der Waals surface area contributed by atoms with Crippen molar-refractivity contribution in [3.63, 3.8) is 0 Å². The highest BCUT2D eigenvalue weighted by atomic mass is 19.1. The molecule has 0 bridgehead atoms. The first-order valence-electron chi connectivity index (χ1n) is 5.85. The van der Waals surface area contributed by atoms with Crippen molar-refractivity contribution < 1.29 is 14.0 Å². The van der Waals surface area contributed by atoms with Crippen LogP contribution in [0.2, 0.25) is 0 Å². The van der Waals surface area contributed by atoms with Gasteiger partial charge in [-0.1, -0.05) is 19.1 Å². The number of benzene rings is 1. The Morgan fingerprint density at radius 2 is 2.00 bits per heavy atom. The van der Waals surface area contributed by atoms with Crippen molar-refractivity contribution >= 4 is 17.5 Å². The first-order valence-corrected chi connectivity index (χ1v) is 5.85. The van der Waals surface area contributed by atoms with Crippen LogP contribution >= 0.6 is 0 Å². The van der Waals surface area contributed by atoms with E-state index in [1.165, 1.54) is 17.9 Å². The van der Waals surface area contributed by atoms with Crippen LogP contribution in [-0.2, 0) is 9.59 Å². The van der Waals surface area contributed by atoms with Crippen LogP contribution < -0.4 is 10.2 Å². The molecule has 0 radical (unpaired) electrons. The maximum Gasteiger partial charge on any atom is 0.224 e. The molecule has 4 nitrogen and oxygen atoms in total. The molecule has 0 atom stereocenters. The molecule has 0 fully saturated rings. The molecule has 0 aliphatic carbocycles. The number of carbonyl (C=O) groups excluding carboxylic acids is 2. The summed E-state index contributed by atoms with van der Waals surface area (Å²) in [5.74, 6) is -0.799. The van der Waals surface area contributed by atoms with Gasteiger partial charge in [-0.2, -0.15) is 0 Å². The van der Waals surface area contributed by atoms with Gasteiger partial charge in [0.1, 0.15) is 5.82 Å². The van der Waals surface area contributed by atoms with Crippen molar-refractivity contribution in [2.75, 3.05) is 18.0 Å². The van der Waals surface area contributed by atoms with Crippen molar-refractivity contribution in [1.29, 1.82) is 0 Å². The molecule has 5 heteroatoms. The van der Waals surface area contributed by atoms with Crippen molar-refractivity contribution in [3.8, 4) is 0 Å². The summed E-state index contributed by atoms with van der Waals surface area (Å²) in [7, 11) is 0. The summed E-state index contributed by atoms with van der Waals surface area (Å²) in [6.45, 7) is 3.67. The molecule has 98 valence electrons. The van der Waals surface area contributed by atoms with Gasteiger partial charge in [0.15, 0.2) is 0 Å². The van der Waals surface area contributed by atoms with Crippen molar-refractivity contribution in [1.82, 2.24) is 5.32 Å². The number of nitrogens with one attached hydrogen (secondary N) is 1. The van der Waals surface area contributed by atoms with Gasteiger partial charge in [0.2, 0.25) is 11.8 Å². The van der Waals surface area contributed by atoms with Crippen LogP contribution in [0.15, 0.2) is 24.3 Å². The molecule has 0 unspecified atom stereocenters. The minimum Gasteiger partial charge on any atom is -0.354 e. The van der Waals surface area contributed by atoms with E-state index in [9.17, 15) is 14.0 Å². The quantitative estimate of drug-likeness (QED) is 0.867. The van der Waals surface area contributed by atoms with Crippen LogP contribution in [0.3, 0.4) is 0 Å². The average Bonchev–Trinajstić information content (AvgIpc) is 2.35. The largest absolute Gasteiger partial charge is 0.354 e. The molecule has 1 aromatic carbocycles. The number of carbonyl (C=O) groups is 2. The molecular formula is C13H17FN2O2. The Balaban J connectivity index is 2.70. The highest BCUT2D eigenvalue weighted by Gasteiger charge is 2.14. The SMILES string of the molecule is CCC(=O)NCCN(C(C)=O)c1ccccc1F. The number of hydrogen-bond acceptors (Lipinski definition) is 2. The van der Waals surface area contributed by atoms with E-state index in [0.717, 1.165) is 0 Å². The lowest BCUT2D eigenvalue weighted by Crippen LogP contribution is -2.37. The van der Waals surface area contributed by atoms with Crippen molar-refractivity contribution in [3.05, 3.63) is 30.1 Å². The molecule has 0 aromatic heterocycles. The van der Waals surface area contributed by atoms with E-state index in [0.29, 0.717) is 13.0 Å². The summed E-state index contributed by atoms with van der Waals surface area (Å²) in [4.78, 5) is 23.9. The molecule has 0 aliphatic heterocycles. The molecule has 0 spiro atoms. The third-order valence-corrected chi connectivity index (χ3v) is 2.50. The van der Waals surface area contributed by atoms with Crippen LogP contribution in [0.1, 0.15) is 20.3 Å². The fraction of sp³-hybridized carbons (Fsp3) is 0.385. The van der Waals surface area contributed by atoms with Gasteiger partial charge in [-0.05, 0) is 12.1 Å². The minimum absolute atomic E-state index is 0.0907. The Hall–Kier alpha value is -1.91. The van der Waals surface area contributed by atoms with Crippen molar-refractivity contribution in [2.45, 2.75) is 20.3 Å². The summed E-state index contributed by atoms with van der Waals surface area (Å²) >= 11 is 0. The highest BCUT2D eigenvalue weighted by Crippen LogP contribution is 2.18. The second-order valence-corrected chi connectivity index (χ2v) is 3.83. The maximum absolute atomic E-state index is 13.6. The van der Waals surface area contributed by atoms with Crippen molar-refractivity contribution in [2.24, 2.45) is 0 Å². The average molecular weight is 252 g/mol. The normalized spacial score (nSPS) is 9.94. The Morgan fingerprint density at radius 1 is 1.33 bits per heavy atom. The molecule has 1 rings (SSSR count). The standard InChI is InChI=1S/C13H17FN2O2/c1-3-13(18)15-8-9-16(10(2)17)12-7-5-4-6-11(12)14/h4-7H,3,8-9H2,1-2H3,(H,15,18). The molecule has 1 aromatic rings. The van der Waals surface area contributed by atoms with Crippen LogP contribution in [0.5, 0.6) is 0 Å². The zero-order valence-corrected chi connectivity index (χ0v) is 10.6. The lowest BCUT2D eigenvalue weighted by atomic mass is 10.2. The van der Waals surface area contributed by atoms with Gasteiger partial charge in [-0.25, -0.2) is 4.39 Å². The van der Waals surface area contributed by atoms with Gasteiger partial charge >= 0.3 is 0 Å². The lowest BCUT2D eigenvalue weighted by Gasteiger charge is -2.21. The fourth-order valence-electron chi connectivity index (χ4n) is 1.55. The molecule has 0 saturated carbocycles. The predicted octanol–water partition coefficient (Wildman–Crippen LogP) is 1.70. The summed E-state index contributed by atoms with van der Waals surface area (Å²) in [5, 5.41) is 2.65. The number of anilines is 1. The number of amides is 2. The van der Waals surface area contributed by atoms with Gasteiger partial charge in [-0.15, -0.1) is 0 Å². The smallest absolute Gasteiger partial charge is 0.224 e. The Bertz CT molecular complexity index is 435.